The Hall–Kier alpha value is -1.11. The Morgan fingerprint density at radius 2 is 1.86 bits per heavy atom. The van der Waals surface area contributed by atoms with Crippen molar-refractivity contribution in [1.82, 2.24) is 9.21 Å². The quantitative estimate of drug-likeness (QED) is 0.843. The van der Waals surface area contributed by atoms with Crippen LogP contribution in [-0.2, 0) is 16.6 Å². The maximum Gasteiger partial charge on any atom is 0.211 e. The number of ether oxygens (including phenoxy) is 1. The van der Waals surface area contributed by atoms with Crippen LogP contribution in [-0.4, -0.2) is 56.7 Å². The predicted octanol–water partition coefficient (Wildman–Crippen LogP) is 1.55. The van der Waals surface area contributed by atoms with Gasteiger partial charge in [0.25, 0.3) is 0 Å². The maximum absolute atomic E-state index is 12.0. The molecule has 2 bridgehead atoms. The summed E-state index contributed by atoms with van der Waals surface area (Å²) in [6.45, 7) is 3.36. The van der Waals surface area contributed by atoms with E-state index >= 15 is 0 Å². The number of nitrogens with zero attached hydrogens (tertiary/aromatic N) is 2. The zero-order chi connectivity index (χ0) is 15.7. The van der Waals surface area contributed by atoms with Crippen molar-refractivity contribution in [3.8, 4) is 5.75 Å². The number of piperidine rings is 1. The minimum absolute atomic E-state index is 0.131. The van der Waals surface area contributed by atoms with E-state index in [4.69, 9.17) is 4.74 Å². The molecule has 2 atom stereocenters. The van der Waals surface area contributed by atoms with Gasteiger partial charge in [-0.05, 0) is 36.5 Å². The van der Waals surface area contributed by atoms with Crippen LogP contribution in [0.15, 0.2) is 24.3 Å². The summed E-state index contributed by atoms with van der Waals surface area (Å²) < 4.78 is 30.8. The van der Waals surface area contributed by atoms with E-state index in [-0.39, 0.29) is 6.04 Å². The Balaban J connectivity index is 1.71. The van der Waals surface area contributed by atoms with Gasteiger partial charge in [0.05, 0.1) is 13.4 Å². The zero-order valence-corrected chi connectivity index (χ0v) is 14.1. The van der Waals surface area contributed by atoms with Gasteiger partial charge in [-0.15, -0.1) is 0 Å². The van der Waals surface area contributed by atoms with Crippen molar-refractivity contribution in [2.75, 3.05) is 33.0 Å². The van der Waals surface area contributed by atoms with Crippen LogP contribution < -0.4 is 4.74 Å². The smallest absolute Gasteiger partial charge is 0.211 e. The summed E-state index contributed by atoms with van der Waals surface area (Å²) in [6.07, 6.45) is 3.45. The molecular weight excluding hydrogens is 300 g/mol. The van der Waals surface area contributed by atoms with E-state index in [1.807, 2.05) is 12.1 Å². The highest BCUT2D eigenvalue weighted by molar-refractivity contribution is 7.88. The normalized spacial score (nSPS) is 26.8. The molecule has 4 rings (SSSR count). The van der Waals surface area contributed by atoms with Crippen molar-refractivity contribution in [3.05, 3.63) is 29.8 Å². The molecule has 0 aliphatic carbocycles. The van der Waals surface area contributed by atoms with Gasteiger partial charge < -0.3 is 4.74 Å². The van der Waals surface area contributed by atoms with E-state index in [0.717, 1.165) is 38.2 Å². The maximum atomic E-state index is 12.0. The Bertz CT molecular complexity index is 615. The van der Waals surface area contributed by atoms with Crippen molar-refractivity contribution < 1.29 is 13.2 Å². The first-order valence-electron chi connectivity index (χ1n) is 7.78. The minimum atomic E-state index is -3.10. The lowest BCUT2D eigenvalue weighted by molar-refractivity contribution is 0.227. The second-order valence-electron chi connectivity index (χ2n) is 6.47. The summed E-state index contributed by atoms with van der Waals surface area (Å²) in [5.74, 6) is 1.31. The third kappa shape index (κ3) is 3.45. The highest BCUT2D eigenvalue weighted by atomic mass is 32.2. The fraction of sp³-hybridized carbons (Fsp3) is 0.625. The second-order valence-corrected chi connectivity index (χ2v) is 8.41. The summed E-state index contributed by atoms with van der Waals surface area (Å²) in [7, 11) is -1.43. The topological polar surface area (TPSA) is 49.9 Å². The SMILES string of the molecule is COc1ccc(CN2C[C@@H]3CC[C@H](C2)N(S(C)(=O)=O)C3)cc1. The van der Waals surface area contributed by atoms with E-state index < -0.39 is 10.0 Å². The van der Waals surface area contributed by atoms with Crippen molar-refractivity contribution in [2.45, 2.75) is 25.4 Å². The highest BCUT2D eigenvalue weighted by Crippen LogP contribution is 2.30. The molecule has 0 unspecified atom stereocenters. The molecule has 0 saturated carbocycles. The average Bonchev–Trinajstić information content (AvgIpc) is 2.78. The van der Waals surface area contributed by atoms with Crippen molar-refractivity contribution >= 4 is 10.0 Å². The van der Waals surface area contributed by atoms with Crippen LogP contribution in [0.2, 0.25) is 0 Å². The molecule has 3 saturated heterocycles. The molecule has 3 heterocycles. The molecule has 122 valence electrons. The lowest BCUT2D eigenvalue weighted by Gasteiger charge is -2.34. The zero-order valence-electron chi connectivity index (χ0n) is 13.2. The Morgan fingerprint density at radius 1 is 1.14 bits per heavy atom. The molecule has 0 amide bonds. The van der Waals surface area contributed by atoms with Crippen molar-refractivity contribution in [1.29, 1.82) is 0 Å². The molecule has 3 aliphatic rings. The number of fused-ring (bicyclic) bond motifs is 4. The van der Waals surface area contributed by atoms with Crippen LogP contribution in [0.1, 0.15) is 18.4 Å². The predicted molar refractivity (Wildman–Crippen MR) is 86.3 cm³/mol. The number of hydrogen-bond acceptors (Lipinski definition) is 4. The number of methoxy groups -OCH3 is 1. The average molecular weight is 324 g/mol. The van der Waals surface area contributed by atoms with Crippen molar-refractivity contribution in [2.24, 2.45) is 5.92 Å². The summed E-state index contributed by atoms with van der Waals surface area (Å²) in [6, 6.07) is 8.25. The van der Waals surface area contributed by atoms with E-state index in [1.54, 1.807) is 11.4 Å². The number of rotatable bonds is 4. The van der Waals surface area contributed by atoms with E-state index in [0.29, 0.717) is 12.5 Å². The minimum Gasteiger partial charge on any atom is -0.497 e. The van der Waals surface area contributed by atoms with Gasteiger partial charge in [0.15, 0.2) is 0 Å². The lowest BCUT2D eigenvalue weighted by atomic mass is 9.97. The van der Waals surface area contributed by atoms with Gasteiger partial charge in [-0.3, -0.25) is 4.90 Å². The largest absolute Gasteiger partial charge is 0.497 e. The van der Waals surface area contributed by atoms with Gasteiger partial charge >= 0.3 is 0 Å². The van der Waals surface area contributed by atoms with Crippen LogP contribution in [0.3, 0.4) is 0 Å². The number of benzene rings is 1. The van der Waals surface area contributed by atoms with Crippen LogP contribution in [0.4, 0.5) is 0 Å². The fourth-order valence-corrected chi connectivity index (χ4v) is 4.86. The molecular formula is C16H24N2O3S. The van der Waals surface area contributed by atoms with Gasteiger partial charge in [-0.1, -0.05) is 12.1 Å². The molecule has 1 aromatic carbocycles. The third-order valence-electron chi connectivity index (χ3n) is 4.73. The second kappa shape index (κ2) is 6.18. The van der Waals surface area contributed by atoms with E-state index in [2.05, 4.69) is 17.0 Å². The highest BCUT2D eigenvalue weighted by Gasteiger charge is 2.38. The van der Waals surface area contributed by atoms with Crippen LogP contribution in [0.5, 0.6) is 5.75 Å². The molecule has 6 heteroatoms. The Morgan fingerprint density at radius 3 is 2.50 bits per heavy atom. The fourth-order valence-electron chi connectivity index (χ4n) is 3.66. The molecule has 22 heavy (non-hydrogen) atoms. The van der Waals surface area contributed by atoms with E-state index in [9.17, 15) is 8.42 Å². The molecule has 3 fully saturated rings. The summed E-state index contributed by atoms with van der Waals surface area (Å²) in [5.41, 5.74) is 1.24. The molecule has 0 N–H and O–H groups in total. The molecule has 1 aromatic rings. The lowest BCUT2D eigenvalue weighted by Crippen LogP contribution is -2.46. The Kier molecular flexibility index (Phi) is 4.43. The molecule has 0 radical (unpaired) electrons. The monoisotopic (exact) mass is 324 g/mol. The van der Waals surface area contributed by atoms with E-state index in [1.165, 1.54) is 11.8 Å². The van der Waals surface area contributed by atoms with Gasteiger partial charge in [0, 0.05) is 32.2 Å². The number of sulfonamides is 1. The summed E-state index contributed by atoms with van der Waals surface area (Å²) >= 11 is 0. The van der Waals surface area contributed by atoms with Crippen molar-refractivity contribution in [3.63, 3.8) is 0 Å². The summed E-state index contributed by atoms with van der Waals surface area (Å²) in [5, 5.41) is 0. The first-order valence-corrected chi connectivity index (χ1v) is 9.62. The molecule has 3 aliphatic heterocycles. The van der Waals surface area contributed by atoms with Gasteiger partial charge in [-0.2, -0.15) is 4.31 Å². The standard InChI is InChI=1S/C16H24N2O3S/c1-21-16-7-4-13(5-8-16)9-17-10-14-3-6-15(12-17)18(11-14)22(2,19)20/h4-5,7-8,14-15H,3,6,9-12H2,1-2H3/t14-,15+/m0/s1. The number of hydrogen-bond donors (Lipinski definition) is 0. The van der Waals surface area contributed by atoms with Gasteiger partial charge in [0.2, 0.25) is 10.0 Å². The van der Waals surface area contributed by atoms with Crippen LogP contribution in [0, 0.1) is 5.92 Å². The molecule has 5 nitrogen and oxygen atoms in total. The Labute approximate surface area is 132 Å². The van der Waals surface area contributed by atoms with Crippen LogP contribution >= 0.6 is 0 Å². The molecule has 0 spiro atoms. The first-order chi connectivity index (χ1) is 10.5. The summed E-state index contributed by atoms with van der Waals surface area (Å²) in [4.78, 5) is 2.40. The van der Waals surface area contributed by atoms with Crippen LogP contribution in [0.25, 0.3) is 0 Å². The van der Waals surface area contributed by atoms with Gasteiger partial charge in [-0.25, -0.2) is 8.42 Å². The third-order valence-corrected chi connectivity index (χ3v) is 6.03. The first kappa shape index (κ1) is 15.8. The van der Waals surface area contributed by atoms with Gasteiger partial charge in [0.1, 0.15) is 5.75 Å². The molecule has 0 aromatic heterocycles.